The number of rotatable bonds is 6. The van der Waals surface area contributed by atoms with Crippen LogP contribution in [0.4, 0.5) is 13.2 Å². The number of halogens is 3. The molecule has 1 aromatic carbocycles. The molecule has 0 radical (unpaired) electrons. The van der Waals surface area contributed by atoms with Gasteiger partial charge in [-0.3, -0.25) is 9.59 Å². The van der Waals surface area contributed by atoms with Crippen molar-refractivity contribution in [2.24, 2.45) is 0 Å². The van der Waals surface area contributed by atoms with Crippen LogP contribution in [0.25, 0.3) is 0 Å². The lowest BCUT2D eigenvalue weighted by Crippen LogP contribution is -2.46. The molecule has 1 aliphatic rings. The van der Waals surface area contributed by atoms with E-state index < -0.39 is 17.6 Å². The highest BCUT2D eigenvalue weighted by molar-refractivity contribution is 5.96. The number of nitrogens with zero attached hydrogens (tertiary/aromatic N) is 1. The van der Waals surface area contributed by atoms with Crippen LogP contribution in [0.5, 0.6) is 0 Å². The Hall–Kier alpha value is -2.09. The Bertz CT molecular complexity index is 684. The molecular formula is C21H32F3N3O2. The molecule has 1 fully saturated rings. The van der Waals surface area contributed by atoms with Crippen molar-refractivity contribution in [1.29, 1.82) is 0 Å². The van der Waals surface area contributed by atoms with Gasteiger partial charge in [-0.15, -0.1) is 0 Å². The first-order valence-electron chi connectivity index (χ1n) is 9.54. The molecule has 0 aromatic heterocycles. The number of hydrogen-bond donors (Lipinski definition) is 2. The lowest BCUT2D eigenvalue weighted by Gasteiger charge is -2.37. The van der Waals surface area contributed by atoms with Crippen molar-refractivity contribution in [1.82, 2.24) is 15.5 Å². The van der Waals surface area contributed by atoms with Gasteiger partial charge in [-0.25, -0.2) is 0 Å². The van der Waals surface area contributed by atoms with E-state index in [-0.39, 0.29) is 31.5 Å². The Kier molecular flexibility index (Phi) is 9.14. The highest BCUT2D eigenvalue weighted by Gasteiger charge is 2.31. The van der Waals surface area contributed by atoms with Crippen LogP contribution >= 0.6 is 0 Å². The molecule has 8 heteroatoms. The van der Waals surface area contributed by atoms with E-state index in [2.05, 4.69) is 36.4 Å². The smallest absolute Gasteiger partial charge is 0.352 e. The number of hydrogen-bond acceptors (Lipinski definition) is 3. The Morgan fingerprint density at radius 2 is 1.79 bits per heavy atom. The SMILES string of the molecule is C.CC(C)N(C)C1CCC(NC(=O)CNC(=O)c2cccc(C(F)(F)F)c2)CC1. The van der Waals surface area contributed by atoms with Crippen molar-refractivity contribution in [2.75, 3.05) is 13.6 Å². The fourth-order valence-corrected chi connectivity index (χ4v) is 3.43. The van der Waals surface area contributed by atoms with Crippen molar-refractivity contribution < 1.29 is 22.8 Å². The molecular weight excluding hydrogens is 383 g/mol. The molecule has 0 heterocycles. The summed E-state index contributed by atoms with van der Waals surface area (Å²) < 4.78 is 38.2. The zero-order chi connectivity index (χ0) is 20.9. The van der Waals surface area contributed by atoms with E-state index in [4.69, 9.17) is 0 Å². The predicted octanol–water partition coefficient (Wildman–Crippen LogP) is 3.84. The number of benzene rings is 1. The van der Waals surface area contributed by atoms with Crippen LogP contribution in [0.2, 0.25) is 0 Å². The van der Waals surface area contributed by atoms with Crippen LogP contribution in [0.1, 0.15) is 62.9 Å². The minimum absolute atomic E-state index is 0. The van der Waals surface area contributed by atoms with Crippen LogP contribution in [0.3, 0.4) is 0 Å². The van der Waals surface area contributed by atoms with E-state index in [1.807, 2.05) is 0 Å². The largest absolute Gasteiger partial charge is 0.416 e. The van der Waals surface area contributed by atoms with E-state index in [0.717, 1.165) is 37.8 Å². The van der Waals surface area contributed by atoms with Gasteiger partial charge in [0, 0.05) is 23.7 Å². The lowest BCUT2D eigenvalue weighted by atomic mass is 9.90. The Labute approximate surface area is 171 Å². The first kappa shape index (κ1) is 24.9. The topological polar surface area (TPSA) is 61.4 Å². The summed E-state index contributed by atoms with van der Waals surface area (Å²) in [6.07, 6.45) is -0.785. The summed E-state index contributed by atoms with van der Waals surface area (Å²) in [5, 5.41) is 5.28. The van der Waals surface area contributed by atoms with Gasteiger partial charge in [0.15, 0.2) is 0 Å². The van der Waals surface area contributed by atoms with Crippen LogP contribution in [-0.2, 0) is 11.0 Å². The molecule has 5 nitrogen and oxygen atoms in total. The lowest BCUT2D eigenvalue weighted by molar-refractivity contribution is -0.137. The second kappa shape index (κ2) is 10.6. The maximum absolute atomic E-state index is 12.7. The third-order valence-corrected chi connectivity index (χ3v) is 5.31. The van der Waals surface area contributed by atoms with Gasteiger partial charge in [-0.1, -0.05) is 13.5 Å². The van der Waals surface area contributed by atoms with Gasteiger partial charge in [0.1, 0.15) is 0 Å². The highest BCUT2D eigenvalue weighted by atomic mass is 19.4. The zero-order valence-electron chi connectivity index (χ0n) is 16.5. The van der Waals surface area contributed by atoms with E-state index in [0.29, 0.717) is 12.1 Å². The Balaban J connectivity index is 0.00000420. The minimum Gasteiger partial charge on any atom is -0.352 e. The fraction of sp³-hybridized carbons (Fsp3) is 0.619. The van der Waals surface area contributed by atoms with E-state index in [1.54, 1.807) is 0 Å². The van der Waals surface area contributed by atoms with Crippen LogP contribution in [0, 0.1) is 0 Å². The molecule has 2 rings (SSSR count). The molecule has 0 aliphatic heterocycles. The van der Waals surface area contributed by atoms with Crippen LogP contribution in [0.15, 0.2) is 24.3 Å². The summed E-state index contributed by atoms with van der Waals surface area (Å²) >= 11 is 0. The normalized spacial score (nSPS) is 19.6. The van der Waals surface area contributed by atoms with Crippen LogP contribution < -0.4 is 10.6 Å². The first-order valence-corrected chi connectivity index (χ1v) is 9.54. The molecule has 0 bridgehead atoms. The molecule has 1 saturated carbocycles. The van der Waals surface area contributed by atoms with E-state index in [1.165, 1.54) is 12.1 Å². The summed E-state index contributed by atoms with van der Waals surface area (Å²) in [7, 11) is 2.11. The third-order valence-electron chi connectivity index (χ3n) is 5.31. The van der Waals surface area contributed by atoms with E-state index in [9.17, 15) is 22.8 Å². The molecule has 0 spiro atoms. The van der Waals surface area contributed by atoms with Gasteiger partial charge >= 0.3 is 6.18 Å². The number of nitrogens with one attached hydrogen (secondary N) is 2. The quantitative estimate of drug-likeness (QED) is 0.742. The predicted molar refractivity (Wildman–Crippen MR) is 108 cm³/mol. The number of carbonyl (C=O) groups is 2. The highest BCUT2D eigenvalue weighted by Crippen LogP contribution is 2.29. The second-order valence-electron chi connectivity index (χ2n) is 7.59. The average Bonchev–Trinajstić information content (AvgIpc) is 2.65. The average molecular weight is 416 g/mol. The molecule has 0 unspecified atom stereocenters. The molecule has 29 heavy (non-hydrogen) atoms. The third kappa shape index (κ3) is 7.34. The standard InChI is InChI=1S/C20H28F3N3O2.CH4/c1-13(2)26(3)17-9-7-16(8-10-17)25-18(27)12-24-19(28)14-5-4-6-15(11-14)20(21,22)23;/h4-6,11,13,16-17H,7-10,12H2,1-3H3,(H,24,28)(H,25,27);1H4. The summed E-state index contributed by atoms with van der Waals surface area (Å²) in [6, 6.07) is 5.18. The summed E-state index contributed by atoms with van der Waals surface area (Å²) in [6.45, 7) is 4.04. The molecule has 2 N–H and O–H groups in total. The fourth-order valence-electron chi connectivity index (χ4n) is 3.43. The summed E-state index contributed by atoms with van der Waals surface area (Å²) in [5.74, 6) is -1.04. The Morgan fingerprint density at radius 1 is 1.17 bits per heavy atom. The van der Waals surface area contributed by atoms with Gasteiger partial charge in [-0.2, -0.15) is 13.2 Å². The van der Waals surface area contributed by atoms with Crippen LogP contribution in [-0.4, -0.2) is 48.4 Å². The maximum atomic E-state index is 12.7. The van der Waals surface area contributed by atoms with Crippen molar-refractivity contribution in [3.05, 3.63) is 35.4 Å². The second-order valence-corrected chi connectivity index (χ2v) is 7.59. The Morgan fingerprint density at radius 3 is 2.34 bits per heavy atom. The molecule has 0 atom stereocenters. The minimum atomic E-state index is -4.52. The van der Waals surface area contributed by atoms with Gasteiger partial charge in [-0.05, 0) is 64.8 Å². The molecule has 164 valence electrons. The van der Waals surface area contributed by atoms with Crippen molar-refractivity contribution >= 4 is 11.8 Å². The molecule has 2 amide bonds. The van der Waals surface area contributed by atoms with Gasteiger partial charge in [0.25, 0.3) is 5.91 Å². The first-order chi connectivity index (χ1) is 13.1. The summed E-state index contributed by atoms with van der Waals surface area (Å²) in [5.41, 5.74) is -1.02. The zero-order valence-corrected chi connectivity index (χ0v) is 16.5. The number of amides is 2. The number of carbonyl (C=O) groups excluding carboxylic acids is 2. The van der Waals surface area contributed by atoms with E-state index >= 15 is 0 Å². The number of alkyl halides is 3. The van der Waals surface area contributed by atoms with Crippen molar-refractivity contribution in [3.63, 3.8) is 0 Å². The molecule has 1 aliphatic carbocycles. The van der Waals surface area contributed by atoms with Gasteiger partial charge in [0.2, 0.25) is 5.91 Å². The van der Waals surface area contributed by atoms with Crippen molar-refractivity contribution in [2.45, 2.75) is 71.3 Å². The monoisotopic (exact) mass is 415 g/mol. The maximum Gasteiger partial charge on any atom is 0.416 e. The van der Waals surface area contributed by atoms with Gasteiger partial charge < -0.3 is 15.5 Å². The summed E-state index contributed by atoms with van der Waals surface area (Å²) in [4.78, 5) is 26.5. The van der Waals surface area contributed by atoms with Gasteiger partial charge in [0.05, 0.1) is 12.1 Å². The van der Waals surface area contributed by atoms with Crippen molar-refractivity contribution in [3.8, 4) is 0 Å². The molecule has 0 saturated heterocycles. The molecule has 1 aromatic rings.